The minimum absolute atomic E-state index is 0.426. The molecule has 0 aliphatic carbocycles. The van der Waals surface area contributed by atoms with Gasteiger partial charge in [-0.3, -0.25) is 4.90 Å². The normalized spacial score (nSPS) is 21.5. The summed E-state index contributed by atoms with van der Waals surface area (Å²) in [5, 5.41) is 0.655. The standard InChI is InChI=1S/C25H33ClN2O3/c1-4-14-31-23-11-8-18(15-25(23)30-3)22-7-5-6-20-17-27(12-13-28(20)22)19-9-10-21(26)24(16-19)29-2/h8-11,15-16,20,22H,4-7,12-14,17H2,1-3H3/t20-,22+/m0/s1. The predicted molar refractivity (Wildman–Crippen MR) is 126 cm³/mol. The van der Waals surface area contributed by atoms with Crippen LogP contribution in [0.4, 0.5) is 5.69 Å². The van der Waals surface area contributed by atoms with E-state index in [1.807, 2.05) is 6.07 Å². The number of nitrogens with zero attached hydrogens (tertiary/aromatic N) is 2. The molecule has 0 amide bonds. The number of fused-ring (bicyclic) bond motifs is 1. The van der Waals surface area contributed by atoms with E-state index in [0.717, 1.165) is 43.3 Å². The van der Waals surface area contributed by atoms with E-state index in [0.29, 0.717) is 23.7 Å². The van der Waals surface area contributed by atoms with Crippen molar-refractivity contribution in [2.45, 2.75) is 44.7 Å². The van der Waals surface area contributed by atoms with Gasteiger partial charge in [-0.1, -0.05) is 24.6 Å². The summed E-state index contributed by atoms with van der Waals surface area (Å²) in [4.78, 5) is 5.15. The maximum absolute atomic E-state index is 6.23. The van der Waals surface area contributed by atoms with Gasteiger partial charge >= 0.3 is 0 Å². The van der Waals surface area contributed by atoms with E-state index in [4.69, 9.17) is 25.8 Å². The second kappa shape index (κ2) is 10.0. The minimum Gasteiger partial charge on any atom is -0.495 e. The molecule has 0 saturated carbocycles. The zero-order chi connectivity index (χ0) is 21.8. The van der Waals surface area contributed by atoms with Crippen LogP contribution in [0, 0.1) is 0 Å². The number of benzene rings is 2. The highest BCUT2D eigenvalue weighted by Gasteiger charge is 2.36. The summed E-state index contributed by atoms with van der Waals surface area (Å²) in [7, 11) is 3.39. The Hall–Kier alpha value is -2.11. The Morgan fingerprint density at radius 1 is 0.968 bits per heavy atom. The van der Waals surface area contributed by atoms with Crippen LogP contribution >= 0.6 is 11.6 Å². The lowest BCUT2D eigenvalue weighted by Gasteiger charge is -2.49. The van der Waals surface area contributed by atoms with Crippen molar-refractivity contribution in [1.29, 1.82) is 0 Å². The number of methoxy groups -OCH3 is 2. The van der Waals surface area contributed by atoms with E-state index >= 15 is 0 Å². The van der Waals surface area contributed by atoms with E-state index in [2.05, 4.69) is 47.1 Å². The lowest BCUT2D eigenvalue weighted by molar-refractivity contribution is 0.0715. The fourth-order valence-corrected chi connectivity index (χ4v) is 5.10. The second-order valence-electron chi connectivity index (χ2n) is 8.36. The van der Waals surface area contributed by atoms with E-state index in [1.165, 1.54) is 30.5 Å². The fraction of sp³-hybridized carbons (Fsp3) is 0.520. The lowest BCUT2D eigenvalue weighted by Crippen LogP contribution is -2.55. The maximum atomic E-state index is 6.23. The second-order valence-corrected chi connectivity index (χ2v) is 8.77. The molecule has 168 valence electrons. The van der Waals surface area contributed by atoms with Crippen molar-refractivity contribution in [2.24, 2.45) is 0 Å². The van der Waals surface area contributed by atoms with Crippen LogP contribution in [0.1, 0.15) is 44.2 Å². The molecule has 0 N–H and O–H groups in total. The summed E-state index contributed by atoms with van der Waals surface area (Å²) in [5.41, 5.74) is 2.51. The molecule has 2 aliphatic heterocycles. The van der Waals surface area contributed by atoms with Gasteiger partial charge < -0.3 is 19.1 Å². The number of hydrogen-bond acceptors (Lipinski definition) is 5. The van der Waals surface area contributed by atoms with Gasteiger partial charge in [0.2, 0.25) is 0 Å². The zero-order valence-corrected chi connectivity index (χ0v) is 19.5. The number of hydrogen-bond donors (Lipinski definition) is 0. The summed E-state index contributed by atoms with van der Waals surface area (Å²) < 4.78 is 16.9. The lowest BCUT2D eigenvalue weighted by atomic mass is 9.89. The summed E-state index contributed by atoms with van der Waals surface area (Å²) in [6.07, 6.45) is 4.63. The Kier molecular flexibility index (Phi) is 7.13. The molecule has 2 atom stereocenters. The fourth-order valence-electron chi connectivity index (χ4n) is 4.91. The summed E-state index contributed by atoms with van der Waals surface area (Å²) >= 11 is 6.23. The van der Waals surface area contributed by atoms with Gasteiger partial charge in [-0.05, 0) is 55.5 Å². The summed E-state index contributed by atoms with van der Waals surface area (Å²) in [6.45, 7) is 5.88. The Morgan fingerprint density at radius 3 is 2.58 bits per heavy atom. The molecular weight excluding hydrogens is 412 g/mol. The van der Waals surface area contributed by atoms with Crippen LogP contribution in [0.5, 0.6) is 17.2 Å². The molecule has 2 aromatic carbocycles. The Balaban J connectivity index is 1.50. The highest BCUT2D eigenvalue weighted by molar-refractivity contribution is 6.32. The van der Waals surface area contributed by atoms with Gasteiger partial charge in [0, 0.05) is 43.5 Å². The third-order valence-corrected chi connectivity index (χ3v) is 6.79. The summed E-state index contributed by atoms with van der Waals surface area (Å²) in [6, 6.07) is 13.5. The van der Waals surface area contributed by atoms with Gasteiger partial charge in [-0.25, -0.2) is 0 Å². The SMILES string of the molecule is CCCOc1ccc([C@H]2CCC[C@H]3CN(c4ccc(Cl)c(OC)c4)CCN32)cc1OC. The van der Waals surface area contributed by atoms with E-state index in [1.54, 1.807) is 14.2 Å². The highest BCUT2D eigenvalue weighted by atomic mass is 35.5. The summed E-state index contributed by atoms with van der Waals surface area (Å²) in [5.74, 6) is 2.41. The molecule has 2 fully saturated rings. The molecule has 0 aromatic heterocycles. The third kappa shape index (κ3) is 4.73. The first-order valence-corrected chi connectivity index (χ1v) is 11.7. The monoisotopic (exact) mass is 444 g/mol. The van der Waals surface area contributed by atoms with Crippen molar-refractivity contribution in [3.63, 3.8) is 0 Å². The third-order valence-electron chi connectivity index (χ3n) is 6.48. The smallest absolute Gasteiger partial charge is 0.161 e. The van der Waals surface area contributed by atoms with Gasteiger partial charge in [-0.15, -0.1) is 0 Å². The number of piperazine rings is 1. The molecule has 2 heterocycles. The number of ether oxygens (including phenoxy) is 3. The van der Waals surface area contributed by atoms with Crippen molar-refractivity contribution in [3.8, 4) is 17.2 Å². The average molecular weight is 445 g/mol. The molecule has 2 saturated heterocycles. The molecule has 0 bridgehead atoms. The molecule has 5 nitrogen and oxygen atoms in total. The first-order valence-electron chi connectivity index (χ1n) is 11.3. The van der Waals surface area contributed by atoms with E-state index in [-0.39, 0.29) is 0 Å². The van der Waals surface area contributed by atoms with Crippen LogP contribution in [-0.4, -0.2) is 51.4 Å². The number of halogens is 1. The number of rotatable bonds is 7. The Labute approximate surface area is 190 Å². The number of anilines is 1. The first-order chi connectivity index (χ1) is 15.1. The molecule has 31 heavy (non-hydrogen) atoms. The average Bonchev–Trinajstić information content (AvgIpc) is 2.82. The van der Waals surface area contributed by atoms with Gasteiger partial charge in [0.1, 0.15) is 5.75 Å². The van der Waals surface area contributed by atoms with Crippen LogP contribution in [0.15, 0.2) is 36.4 Å². The molecular formula is C25H33ClN2O3. The molecule has 6 heteroatoms. The topological polar surface area (TPSA) is 34.2 Å². The van der Waals surface area contributed by atoms with Crippen LogP contribution in [0.3, 0.4) is 0 Å². The van der Waals surface area contributed by atoms with Crippen LogP contribution in [0.2, 0.25) is 5.02 Å². The van der Waals surface area contributed by atoms with Crippen molar-refractivity contribution >= 4 is 17.3 Å². The van der Waals surface area contributed by atoms with Crippen LogP contribution in [-0.2, 0) is 0 Å². The zero-order valence-electron chi connectivity index (χ0n) is 18.8. The van der Waals surface area contributed by atoms with Crippen molar-refractivity contribution < 1.29 is 14.2 Å². The first kappa shape index (κ1) is 22.1. The molecule has 4 rings (SSSR count). The van der Waals surface area contributed by atoms with Gasteiger partial charge in [-0.2, -0.15) is 0 Å². The molecule has 0 unspecified atom stereocenters. The predicted octanol–water partition coefficient (Wildman–Crippen LogP) is 5.56. The van der Waals surface area contributed by atoms with E-state index in [9.17, 15) is 0 Å². The van der Waals surface area contributed by atoms with Crippen LogP contribution in [0.25, 0.3) is 0 Å². The Morgan fingerprint density at radius 2 is 1.81 bits per heavy atom. The number of piperidine rings is 1. The quantitative estimate of drug-likeness (QED) is 0.558. The van der Waals surface area contributed by atoms with E-state index < -0.39 is 0 Å². The molecule has 0 spiro atoms. The van der Waals surface area contributed by atoms with Gasteiger partial charge in [0.25, 0.3) is 0 Å². The molecule has 2 aliphatic rings. The largest absolute Gasteiger partial charge is 0.495 e. The van der Waals surface area contributed by atoms with Crippen LogP contribution < -0.4 is 19.1 Å². The molecule has 2 aromatic rings. The Bertz CT molecular complexity index is 891. The minimum atomic E-state index is 0.426. The van der Waals surface area contributed by atoms with Gasteiger partial charge in [0.15, 0.2) is 11.5 Å². The van der Waals surface area contributed by atoms with Crippen molar-refractivity contribution in [2.75, 3.05) is 45.4 Å². The van der Waals surface area contributed by atoms with Crippen molar-refractivity contribution in [1.82, 2.24) is 4.90 Å². The van der Waals surface area contributed by atoms with Crippen molar-refractivity contribution in [3.05, 3.63) is 47.0 Å². The molecule has 0 radical (unpaired) electrons. The highest BCUT2D eigenvalue weighted by Crippen LogP contribution is 2.40. The maximum Gasteiger partial charge on any atom is 0.161 e. The van der Waals surface area contributed by atoms with Gasteiger partial charge in [0.05, 0.1) is 25.8 Å².